The lowest BCUT2D eigenvalue weighted by Gasteiger charge is -2.20. The van der Waals surface area contributed by atoms with Crippen molar-refractivity contribution in [2.45, 2.75) is 38.5 Å². The second-order valence-corrected chi connectivity index (χ2v) is 7.36. The fourth-order valence-corrected chi connectivity index (χ4v) is 3.56. The molecule has 0 bridgehead atoms. The van der Waals surface area contributed by atoms with Gasteiger partial charge in [0, 0.05) is 31.6 Å². The fourth-order valence-electron chi connectivity index (χ4n) is 3.56. The first-order valence-corrected chi connectivity index (χ1v) is 10.6. The monoisotopic (exact) mass is 394 g/mol. The van der Waals surface area contributed by atoms with Crippen LogP contribution in [-0.4, -0.2) is 43.0 Å². The van der Waals surface area contributed by atoms with Gasteiger partial charge in [-0.05, 0) is 30.9 Å². The number of carbonyl (C=O) groups excluding carboxylic acids is 2. The summed E-state index contributed by atoms with van der Waals surface area (Å²) in [5.41, 5.74) is 2.12. The second-order valence-electron chi connectivity index (χ2n) is 7.36. The minimum atomic E-state index is -0.0237. The molecule has 1 saturated heterocycles. The molecule has 0 radical (unpaired) electrons. The molecular weight excluding hydrogens is 364 g/mol. The molecule has 1 fully saturated rings. The van der Waals surface area contributed by atoms with Crippen LogP contribution in [0.15, 0.2) is 54.6 Å². The molecule has 0 saturated carbocycles. The van der Waals surface area contributed by atoms with Gasteiger partial charge in [0.05, 0.1) is 13.0 Å². The van der Waals surface area contributed by atoms with Gasteiger partial charge in [-0.1, -0.05) is 55.0 Å². The minimum Gasteiger partial charge on any atom is -0.492 e. The van der Waals surface area contributed by atoms with Crippen LogP contribution in [0.5, 0.6) is 5.75 Å². The summed E-state index contributed by atoms with van der Waals surface area (Å²) in [7, 11) is 0. The van der Waals surface area contributed by atoms with Crippen LogP contribution in [0.4, 0.5) is 0 Å². The van der Waals surface area contributed by atoms with Crippen molar-refractivity contribution >= 4 is 11.8 Å². The van der Waals surface area contributed by atoms with Gasteiger partial charge in [0.2, 0.25) is 11.8 Å². The van der Waals surface area contributed by atoms with Gasteiger partial charge < -0.3 is 15.0 Å². The highest BCUT2D eigenvalue weighted by Gasteiger charge is 2.15. The Hall–Kier alpha value is -2.82. The Labute approximate surface area is 173 Å². The molecule has 5 heteroatoms. The third-order valence-corrected chi connectivity index (χ3v) is 5.16. The molecule has 1 aliphatic rings. The van der Waals surface area contributed by atoms with E-state index in [9.17, 15) is 9.59 Å². The van der Waals surface area contributed by atoms with E-state index in [1.54, 1.807) is 0 Å². The molecule has 5 nitrogen and oxygen atoms in total. The topological polar surface area (TPSA) is 58.6 Å². The van der Waals surface area contributed by atoms with Crippen LogP contribution >= 0.6 is 0 Å². The maximum absolute atomic E-state index is 12.1. The van der Waals surface area contributed by atoms with E-state index >= 15 is 0 Å². The molecule has 2 amide bonds. The second kappa shape index (κ2) is 11.2. The van der Waals surface area contributed by atoms with Crippen LogP contribution in [-0.2, 0) is 9.59 Å². The van der Waals surface area contributed by atoms with E-state index in [1.807, 2.05) is 59.5 Å². The van der Waals surface area contributed by atoms with Crippen LogP contribution in [0.2, 0.25) is 0 Å². The molecule has 2 aromatic carbocycles. The van der Waals surface area contributed by atoms with Gasteiger partial charge >= 0.3 is 0 Å². The normalized spacial score (nSPS) is 14.3. The maximum atomic E-state index is 12.1. The first kappa shape index (κ1) is 20.9. The van der Waals surface area contributed by atoms with E-state index in [0.29, 0.717) is 26.0 Å². The van der Waals surface area contributed by atoms with Crippen molar-refractivity contribution in [1.82, 2.24) is 10.2 Å². The number of amides is 2. The molecule has 1 aliphatic heterocycles. The molecule has 2 aromatic rings. The van der Waals surface area contributed by atoms with Crippen molar-refractivity contribution in [3.63, 3.8) is 0 Å². The maximum Gasteiger partial charge on any atom is 0.223 e. The molecule has 0 aliphatic carbocycles. The zero-order valence-electron chi connectivity index (χ0n) is 16.9. The summed E-state index contributed by atoms with van der Waals surface area (Å²) in [6.07, 6.45) is 4.97. The predicted molar refractivity (Wildman–Crippen MR) is 115 cm³/mol. The smallest absolute Gasteiger partial charge is 0.223 e. The van der Waals surface area contributed by atoms with E-state index in [4.69, 9.17) is 4.74 Å². The number of ether oxygens (including phenoxy) is 1. The zero-order chi connectivity index (χ0) is 20.3. The van der Waals surface area contributed by atoms with Crippen molar-refractivity contribution in [2.75, 3.05) is 26.2 Å². The Kier molecular flexibility index (Phi) is 8.11. The van der Waals surface area contributed by atoms with Crippen molar-refractivity contribution in [1.29, 1.82) is 0 Å². The number of benzene rings is 2. The molecule has 0 atom stereocenters. The number of hydrogen-bond acceptors (Lipinski definition) is 3. The number of rotatable bonds is 9. The lowest BCUT2D eigenvalue weighted by Crippen LogP contribution is -2.34. The molecule has 29 heavy (non-hydrogen) atoms. The van der Waals surface area contributed by atoms with Crippen molar-refractivity contribution in [3.05, 3.63) is 54.6 Å². The van der Waals surface area contributed by atoms with E-state index in [0.717, 1.165) is 55.6 Å². The number of carbonyl (C=O) groups is 2. The number of nitrogens with one attached hydrogen (secondary N) is 1. The van der Waals surface area contributed by atoms with Gasteiger partial charge in [-0.15, -0.1) is 0 Å². The fraction of sp³-hybridized carbons (Fsp3) is 0.417. The highest BCUT2D eigenvalue weighted by atomic mass is 16.5. The highest BCUT2D eigenvalue weighted by molar-refractivity contribution is 5.77. The average molecular weight is 395 g/mol. The molecular formula is C24H30N2O3. The molecule has 0 aromatic heterocycles. The standard InChI is InChI=1S/C24H30N2O3/c27-23(25-16-9-18-26-17-8-2-5-14-24(26)28)15-19-29-22-13-7-6-12-21(22)20-10-3-1-4-11-20/h1,3-4,6-7,10-13H,2,5,8-9,14-19H2,(H,25,27). The Morgan fingerprint density at radius 3 is 2.66 bits per heavy atom. The van der Waals surface area contributed by atoms with E-state index in [2.05, 4.69) is 5.32 Å². The van der Waals surface area contributed by atoms with Crippen LogP contribution in [0.1, 0.15) is 38.5 Å². The molecule has 154 valence electrons. The van der Waals surface area contributed by atoms with Crippen LogP contribution in [0.25, 0.3) is 11.1 Å². The molecule has 0 spiro atoms. The molecule has 3 rings (SSSR count). The van der Waals surface area contributed by atoms with Gasteiger partial charge in [-0.25, -0.2) is 0 Å². The van der Waals surface area contributed by atoms with Gasteiger partial charge in [-0.3, -0.25) is 9.59 Å². The van der Waals surface area contributed by atoms with Crippen LogP contribution < -0.4 is 10.1 Å². The Morgan fingerprint density at radius 2 is 1.79 bits per heavy atom. The largest absolute Gasteiger partial charge is 0.492 e. The van der Waals surface area contributed by atoms with Crippen LogP contribution in [0, 0.1) is 0 Å². The highest BCUT2D eigenvalue weighted by Crippen LogP contribution is 2.29. The molecule has 1 heterocycles. The lowest BCUT2D eigenvalue weighted by atomic mass is 10.1. The summed E-state index contributed by atoms with van der Waals surface area (Å²) in [5.74, 6) is 1.01. The lowest BCUT2D eigenvalue weighted by molar-refractivity contribution is -0.130. The number of hydrogen-bond donors (Lipinski definition) is 1. The number of likely N-dealkylation sites (tertiary alicyclic amines) is 1. The van der Waals surface area contributed by atoms with E-state index in [-0.39, 0.29) is 11.8 Å². The van der Waals surface area contributed by atoms with E-state index < -0.39 is 0 Å². The summed E-state index contributed by atoms with van der Waals surface area (Å²) < 4.78 is 5.88. The summed E-state index contributed by atoms with van der Waals surface area (Å²) in [6, 6.07) is 17.9. The minimum absolute atomic E-state index is 0.0237. The Balaban J connectivity index is 1.37. The van der Waals surface area contributed by atoms with Crippen molar-refractivity contribution in [2.24, 2.45) is 0 Å². The first-order valence-electron chi connectivity index (χ1n) is 10.6. The number of para-hydroxylation sites is 1. The molecule has 0 unspecified atom stereocenters. The summed E-state index contributed by atoms with van der Waals surface area (Å²) in [5, 5.41) is 2.93. The number of nitrogens with zero attached hydrogens (tertiary/aromatic N) is 1. The van der Waals surface area contributed by atoms with Gasteiger partial charge in [0.15, 0.2) is 0 Å². The SMILES string of the molecule is O=C(CCOc1ccccc1-c1ccccc1)NCCCN1CCCCCC1=O. The third-order valence-electron chi connectivity index (χ3n) is 5.16. The van der Waals surface area contributed by atoms with Gasteiger partial charge in [0.25, 0.3) is 0 Å². The first-order chi connectivity index (χ1) is 14.2. The quantitative estimate of drug-likeness (QED) is 0.653. The van der Waals surface area contributed by atoms with Crippen LogP contribution in [0.3, 0.4) is 0 Å². The Morgan fingerprint density at radius 1 is 1.00 bits per heavy atom. The van der Waals surface area contributed by atoms with E-state index in [1.165, 1.54) is 0 Å². The average Bonchev–Trinajstić information content (AvgIpc) is 2.96. The Bertz CT molecular complexity index is 792. The summed E-state index contributed by atoms with van der Waals surface area (Å²) >= 11 is 0. The van der Waals surface area contributed by atoms with Crippen molar-refractivity contribution in [3.8, 4) is 16.9 Å². The summed E-state index contributed by atoms with van der Waals surface area (Å²) in [6.45, 7) is 2.49. The van der Waals surface area contributed by atoms with Gasteiger partial charge in [0.1, 0.15) is 5.75 Å². The molecule has 1 N–H and O–H groups in total. The van der Waals surface area contributed by atoms with Gasteiger partial charge in [-0.2, -0.15) is 0 Å². The third kappa shape index (κ3) is 6.63. The predicted octanol–water partition coefficient (Wildman–Crippen LogP) is 4.03. The zero-order valence-corrected chi connectivity index (χ0v) is 16.9. The summed E-state index contributed by atoms with van der Waals surface area (Å²) in [4.78, 5) is 26.0. The van der Waals surface area contributed by atoms with Crippen molar-refractivity contribution < 1.29 is 14.3 Å².